The van der Waals surface area contributed by atoms with Crippen LogP contribution in [-0.2, 0) is 11.2 Å². The van der Waals surface area contributed by atoms with Crippen molar-refractivity contribution in [3.05, 3.63) is 35.9 Å². The minimum atomic E-state index is 0.126. The Balaban J connectivity index is 1.98. The smallest absolute Gasteiger partial charge is 0.227 e. The van der Waals surface area contributed by atoms with Gasteiger partial charge in [0.25, 0.3) is 0 Å². The Bertz CT molecular complexity index is 339. The summed E-state index contributed by atoms with van der Waals surface area (Å²) in [5.74, 6) is 0.193. The molecule has 0 radical (unpaired) electrons. The number of nitrogens with zero attached hydrogens (tertiary/aromatic N) is 1. The quantitative estimate of drug-likeness (QED) is 0.758. The van der Waals surface area contributed by atoms with E-state index in [2.05, 4.69) is 12.6 Å². The van der Waals surface area contributed by atoms with Crippen LogP contribution in [-0.4, -0.2) is 22.7 Å². The van der Waals surface area contributed by atoms with Crippen LogP contribution in [0.25, 0.3) is 0 Å². The fourth-order valence-corrected chi connectivity index (χ4v) is 2.34. The molecule has 0 bridgehead atoms. The summed E-state index contributed by atoms with van der Waals surface area (Å²) in [6.45, 7) is 0.861. The zero-order valence-electron chi connectivity index (χ0n) is 8.60. The number of carbonyl (C=O) groups is 1. The molecule has 1 saturated heterocycles. The maximum atomic E-state index is 11.9. The van der Waals surface area contributed by atoms with Crippen LogP contribution in [0.15, 0.2) is 30.3 Å². The summed E-state index contributed by atoms with van der Waals surface area (Å²) in [5, 5.41) is 0.126. The van der Waals surface area contributed by atoms with E-state index >= 15 is 0 Å². The van der Waals surface area contributed by atoms with E-state index in [1.807, 2.05) is 35.2 Å². The first-order chi connectivity index (χ1) is 7.27. The van der Waals surface area contributed by atoms with Crippen LogP contribution in [0.3, 0.4) is 0 Å². The van der Waals surface area contributed by atoms with E-state index in [0.29, 0.717) is 6.42 Å². The average Bonchev–Trinajstić information content (AvgIpc) is 2.66. The van der Waals surface area contributed by atoms with E-state index in [4.69, 9.17) is 0 Å². The summed E-state index contributed by atoms with van der Waals surface area (Å²) in [6.07, 6.45) is 2.59. The molecule has 2 rings (SSSR count). The lowest BCUT2D eigenvalue weighted by molar-refractivity contribution is -0.129. The number of amides is 1. The Labute approximate surface area is 95.7 Å². The van der Waals surface area contributed by atoms with Crippen molar-refractivity contribution in [1.29, 1.82) is 0 Å². The van der Waals surface area contributed by atoms with Crippen molar-refractivity contribution in [3.63, 3.8) is 0 Å². The highest BCUT2D eigenvalue weighted by Gasteiger charge is 2.25. The van der Waals surface area contributed by atoms with Crippen molar-refractivity contribution in [2.45, 2.75) is 24.6 Å². The summed E-state index contributed by atoms with van der Waals surface area (Å²) in [7, 11) is 0. The molecule has 0 N–H and O–H groups in total. The fraction of sp³-hybridized carbons (Fsp3) is 0.417. The topological polar surface area (TPSA) is 20.3 Å². The monoisotopic (exact) mass is 221 g/mol. The number of hydrogen-bond donors (Lipinski definition) is 1. The van der Waals surface area contributed by atoms with Gasteiger partial charge in [-0.05, 0) is 18.4 Å². The van der Waals surface area contributed by atoms with Gasteiger partial charge in [-0.1, -0.05) is 30.3 Å². The molecular weight excluding hydrogens is 206 g/mol. The maximum Gasteiger partial charge on any atom is 0.227 e. The normalized spacial score (nSPS) is 20.6. The minimum absolute atomic E-state index is 0.126. The van der Waals surface area contributed by atoms with Crippen molar-refractivity contribution < 1.29 is 4.79 Å². The van der Waals surface area contributed by atoms with Gasteiger partial charge in [0.1, 0.15) is 0 Å². The summed E-state index contributed by atoms with van der Waals surface area (Å²) in [5.41, 5.74) is 1.08. The van der Waals surface area contributed by atoms with E-state index < -0.39 is 0 Å². The molecule has 1 unspecified atom stereocenters. The van der Waals surface area contributed by atoms with Crippen LogP contribution in [0.1, 0.15) is 18.4 Å². The largest absolute Gasteiger partial charge is 0.331 e. The van der Waals surface area contributed by atoms with Crippen LogP contribution in [0.4, 0.5) is 0 Å². The molecule has 1 aromatic carbocycles. The van der Waals surface area contributed by atoms with Gasteiger partial charge in [0, 0.05) is 6.54 Å². The van der Waals surface area contributed by atoms with Gasteiger partial charge in [0.05, 0.1) is 11.8 Å². The molecule has 1 aliphatic rings. The Morgan fingerprint density at radius 1 is 1.40 bits per heavy atom. The SMILES string of the molecule is O=C(Cc1ccccc1)N1CCCC1S. The third-order valence-corrected chi connectivity index (χ3v) is 3.28. The highest BCUT2D eigenvalue weighted by atomic mass is 32.1. The molecule has 3 heteroatoms. The molecule has 1 aromatic rings. The Morgan fingerprint density at radius 2 is 2.13 bits per heavy atom. The third kappa shape index (κ3) is 2.53. The highest BCUT2D eigenvalue weighted by molar-refractivity contribution is 7.80. The molecule has 1 aliphatic heterocycles. The maximum absolute atomic E-state index is 11.9. The molecule has 1 amide bonds. The van der Waals surface area contributed by atoms with Gasteiger partial charge in [0.15, 0.2) is 0 Å². The predicted octanol–water partition coefficient (Wildman–Crippen LogP) is 2.11. The van der Waals surface area contributed by atoms with Crippen molar-refractivity contribution >= 4 is 18.5 Å². The van der Waals surface area contributed by atoms with Gasteiger partial charge in [-0.2, -0.15) is 12.6 Å². The van der Waals surface area contributed by atoms with Crippen LogP contribution < -0.4 is 0 Å². The lowest BCUT2D eigenvalue weighted by Gasteiger charge is -2.20. The summed E-state index contributed by atoms with van der Waals surface area (Å²) < 4.78 is 0. The standard InChI is InChI=1S/C12H15NOS/c14-11(13-8-4-7-12(13)15)9-10-5-2-1-3-6-10/h1-3,5-6,12,15H,4,7-9H2. The average molecular weight is 221 g/mol. The van der Waals surface area contributed by atoms with Gasteiger partial charge in [-0.25, -0.2) is 0 Å². The molecule has 15 heavy (non-hydrogen) atoms. The lowest BCUT2D eigenvalue weighted by atomic mass is 10.1. The van der Waals surface area contributed by atoms with Crippen molar-refractivity contribution in [2.24, 2.45) is 0 Å². The fourth-order valence-electron chi connectivity index (χ4n) is 1.91. The molecule has 1 heterocycles. The first-order valence-electron chi connectivity index (χ1n) is 5.29. The van der Waals surface area contributed by atoms with E-state index in [1.54, 1.807) is 0 Å². The van der Waals surface area contributed by atoms with E-state index in [9.17, 15) is 4.79 Å². The Morgan fingerprint density at radius 3 is 2.73 bits per heavy atom. The Hall–Kier alpha value is -0.960. The van der Waals surface area contributed by atoms with Gasteiger partial charge < -0.3 is 4.90 Å². The van der Waals surface area contributed by atoms with E-state index in [-0.39, 0.29) is 11.3 Å². The molecule has 0 saturated carbocycles. The van der Waals surface area contributed by atoms with E-state index in [1.165, 1.54) is 0 Å². The summed E-state index contributed by atoms with van der Waals surface area (Å²) >= 11 is 4.40. The third-order valence-electron chi connectivity index (χ3n) is 2.74. The molecule has 80 valence electrons. The number of hydrogen-bond acceptors (Lipinski definition) is 2. The highest BCUT2D eigenvalue weighted by Crippen LogP contribution is 2.20. The van der Waals surface area contributed by atoms with Crippen molar-refractivity contribution in [3.8, 4) is 0 Å². The summed E-state index contributed by atoms with van der Waals surface area (Å²) in [4.78, 5) is 13.8. The Kier molecular flexibility index (Phi) is 3.31. The number of rotatable bonds is 2. The second-order valence-corrected chi connectivity index (χ2v) is 4.47. The van der Waals surface area contributed by atoms with Crippen molar-refractivity contribution in [2.75, 3.05) is 6.54 Å². The van der Waals surface area contributed by atoms with Crippen LogP contribution >= 0.6 is 12.6 Å². The van der Waals surface area contributed by atoms with Crippen LogP contribution in [0.5, 0.6) is 0 Å². The van der Waals surface area contributed by atoms with Crippen LogP contribution in [0.2, 0.25) is 0 Å². The zero-order chi connectivity index (χ0) is 10.7. The first-order valence-corrected chi connectivity index (χ1v) is 5.80. The molecule has 1 atom stereocenters. The van der Waals surface area contributed by atoms with Crippen LogP contribution in [0, 0.1) is 0 Å². The van der Waals surface area contributed by atoms with Gasteiger partial charge in [-0.3, -0.25) is 4.79 Å². The van der Waals surface area contributed by atoms with Gasteiger partial charge in [-0.15, -0.1) is 0 Å². The molecular formula is C12H15NOS. The zero-order valence-corrected chi connectivity index (χ0v) is 9.49. The predicted molar refractivity (Wildman–Crippen MR) is 63.9 cm³/mol. The van der Waals surface area contributed by atoms with Gasteiger partial charge in [0.2, 0.25) is 5.91 Å². The second-order valence-electron chi connectivity index (χ2n) is 3.87. The number of benzene rings is 1. The van der Waals surface area contributed by atoms with Gasteiger partial charge >= 0.3 is 0 Å². The molecule has 1 fully saturated rings. The molecule has 0 aromatic heterocycles. The van der Waals surface area contributed by atoms with E-state index in [0.717, 1.165) is 24.9 Å². The first kappa shape index (κ1) is 10.6. The molecule has 0 spiro atoms. The number of thiol groups is 1. The minimum Gasteiger partial charge on any atom is -0.331 e. The number of likely N-dealkylation sites (tertiary alicyclic amines) is 1. The van der Waals surface area contributed by atoms with Crippen molar-refractivity contribution in [1.82, 2.24) is 4.90 Å². The molecule has 0 aliphatic carbocycles. The number of carbonyl (C=O) groups excluding carboxylic acids is 1. The molecule has 2 nitrogen and oxygen atoms in total. The summed E-state index contributed by atoms with van der Waals surface area (Å²) in [6, 6.07) is 9.86. The lowest BCUT2D eigenvalue weighted by Crippen LogP contribution is -2.33. The second kappa shape index (κ2) is 4.71.